The van der Waals surface area contributed by atoms with Crippen LogP contribution in [-0.2, 0) is 0 Å². The van der Waals surface area contributed by atoms with Crippen LogP contribution in [0.25, 0.3) is 0 Å². The van der Waals surface area contributed by atoms with E-state index in [1.54, 1.807) is 0 Å². The van der Waals surface area contributed by atoms with Crippen LogP contribution in [-0.4, -0.2) is 34.8 Å². The van der Waals surface area contributed by atoms with Gasteiger partial charge < -0.3 is 21.5 Å². The lowest BCUT2D eigenvalue weighted by molar-refractivity contribution is 0.266. The van der Waals surface area contributed by atoms with Gasteiger partial charge in [-0.3, -0.25) is 0 Å². The number of hydrogen-bond acceptors (Lipinski definition) is 6. The number of anilines is 3. The summed E-state index contributed by atoms with van der Waals surface area (Å²) in [5.74, 6) is 2.10. The van der Waals surface area contributed by atoms with Gasteiger partial charge in [-0.15, -0.1) is 0 Å². The van der Waals surface area contributed by atoms with Gasteiger partial charge in [0.2, 0.25) is 5.95 Å². The summed E-state index contributed by atoms with van der Waals surface area (Å²) in [5.41, 5.74) is 5.65. The molecule has 1 unspecified atom stereocenters. The minimum absolute atomic E-state index is 0.206. The summed E-state index contributed by atoms with van der Waals surface area (Å²) >= 11 is 0. The molecule has 1 aromatic heterocycles. The minimum Gasteiger partial charge on any atom is -0.396 e. The second kappa shape index (κ2) is 7.71. The Hall–Kier alpha value is -1.56. The van der Waals surface area contributed by atoms with Crippen LogP contribution in [0.4, 0.5) is 17.6 Å². The van der Waals surface area contributed by atoms with E-state index in [2.05, 4.69) is 34.4 Å². The molecular weight excluding hydrogens is 230 g/mol. The van der Waals surface area contributed by atoms with Gasteiger partial charge in [0.05, 0.1) is 0 Å². The third-order valence-corrected chi connectivity index (χ3v) is 2.55. The van der Waals surface area contributed by atoms with Gasteiger partial charge in [0.1, 0.15) is 11.6 Å². The second-order valence-corrected chi connectivity index (χ2v) is 4.42. The van der Waals surface area contributed by atoms with Gasteiger partial charge in [-0.2, -0.15) is 9.97 Å². The molecule has 0 aliphatic carbocycles. The topological polar surface area (TPSA) is 96.1 Å². The monoisotopic (exact) mass is 253 g/mol. The zero-order valence-corrected chi connectivity index (χ0v) is 11.1. The molecule has 0 bridgehead atoms. The van der Waals surface area contributed by atoms with Crippen LogP contribution in [0.2, 0.25) is 0 Å². The van der Waals surface area contributed by atoms with Gasteiger partial charge in [0.15, 0.2) is 0 Å². The third-order valence-electron chi connectivity index (χ3n) is 2.55. The summed E-state index contributed by atoms with van der Waals surface area (Å²) in [7, 11) is 0. The number of aromatic nitrogens is 2. The molecule has 1 atom stereocenters. The number of aliphatic hydroxyl groups excluding tert-OH is 1. The van der Waals surface area contributed by atoms with Crippen LogP contribution in [0.15, 0.2) is 6.07 Å². The Morgan fingerprint density at radius 1 is 1.33 bits per heavy atom. The molecule has 102 valence electrons. The van der Waals surface area contributed by atoms with Crippen molar-refractivity contribution in [3.05, 3.63) is 6.07 Å². The average molecular weight is 253 g/mol. The van der Waals surface area contributed by atoms with Crippen LogP contribution in [0.1, 0.15) is 26.7 Å². The summed E-state index contributed by atoms with van der Waals surface area (Å²) in [6, 6.07) is 1.84. The average Bonchev–Trinajstić information content (AvgIpc) is 2.34. The van der Waals surface area contributed by atoms with Gasteiger partial charge in [-0.25, -0.2) is 0 Å². The molecule has 0 spiro atoms. The molecule has 18 heavy (non-hydrogen) atoms. The van der Waals surface area contributed by atoms with E-state index in [1.165, 1.54) is 0 Å². The molecule has 0 radical (unpaired) electrons. The Morgan fingerprint density at radius 2 is 2.00 bits per heavy atom. The first-order valence-corrected chi connectivity index (χ1v) is 6.38. The number of hydrogen-bond donors (Lipinski definition) is 4. The van der Waals surface area contributed by atoms with Crippen molar-refractivity contribution in [2.75, 3.05) is 36.1 Å². The lowest BCUT2D eigenvalue weighted by Crippen LogP contribution is -2.14. The Labute approximate surface area is 108 Å². The van der Waals surface area contributed by atoms with Crippen LogP contribution in [0.5, 0.6) is 0 Å². The predicted molar refractivity (Wildman–Crippen MR) is 74.6 cm³/mol. The quantitative estimate of drug-likeness (QED) is 0.558. The number of nitrogens with one attached hydrogen (secondary N) is 2. The minimum atomic E-state index is 0.206. The van der Waals surface area contributed by atoms with Crippen LogP contribution in [0, 0.1) is 5.92 Å². The maximum atomic E-state index is 8.84. The highest BCUT2D eigenvalue weighted by molar-refractivity contribution is 5.50. The van der Waals surface area contributed by atoms with Crippen molar-refractivity contribution in [1.29, 1.82) is 0 Å². The first-order valence-electron chi connectivity index (χ1n) is 6.38. The fourth-order valence-corrected chi connectivity index (χ4v) is 1.50. The molecule has 1 aromatic rings. The van der Waals surface area contributed by atoms with E-state index >= 15 is 0 Å². The van der Waals surface area contributed by atoms with E-state index < -0.39 is 0 Å². The van der Waals surface area contributed by atoms with E-state index in [9.17, 15) is 0 Å². The third kappa shape index (κ3) is 5.18. The first-order chi connectivity index (χ1) is 8.65. The molecular formula is C12H23N5O. The van der Waals surface area contributed by atoms with E-state index in [1.807, 2.05) is 6.07 Å². The molecule has 0 amide bonds. The molecule has 5 N–H and O–H groups in total. The van der Waals surface area contributed by atoms with Gasteiger partial charge in [-0.05, 0) is 18.8 Å². The summed E-state index contributed by atoms with van der Waals surface area (Å²) in [6.07, 6.45) is 1.80. The maximum absolute atomic E-state index is 8.84. The molecule has 6 heteroatoms. The van der Waals surface area contributed by atoms with Crippen LogP contribution in [0.3, 0.4) is 0 Å². The molecule has 0 aliphatic heterocycles. The van der Waals surface area contributed by atoms with Gasteiger partial charge in [0.25, 0.3) is 0 Å². The summed E-state index contributed by atoms with van der Waals surface area (Å²) in [4.78, 5) is 8.24. The zero-order valence-electron chi connectivity index (χ0n) is 11.1. The highest BCUT2D eigenvalue weighted by atomic mass is 16.3. The standard InChI is InChI=1S/C12H23N5O/c1-3-5-14-10-7-11(17-12(13)16-10)15-8-9(2)4-6-18/h7,9,18H,3-6,8H2,1-2H3,(H4,13,14,15,16,17). The van der Waals surface area contributed by atoms with Crippen LogP contribution < -0.4 is 16.4 Å². The van der Waals surface area contributed by atoms with Gasteiger partial charge in [-0.1, -0.05) is 13.8 Å². The van der Waals surface area contributed by atoms with Crippen molar-refractivity contribution in [1.82, 2.24) is 9.97 Å². The fraction of sp³-hybridized carbons (Fsp3) is 0.667. The lowest BCUT2D eigenvalue weighted by Gasteiger charge is -2.13. The maximum Gasteiger partial charge on any atom is 0.223 e. The van der Waals surface area contributed by atoms with Crippen molar-refractivity contribution in [2.24, 2.45) is 5.92 Å². The van der Waals surface area contributed by atoms with E-state index in [0.29, 0.717) is 11.7 Å². The Kier molecular flexibility index (Phi) is 6.21. The number of aliphatic hydroxyl groups is 1. The number of nitrogen functional groups attached to an aromatic ring is 1. The van der Waals surface area contributed by atoms with Crippen LogP contribution >= 0.6 is 0 Å². The van der Waals surface area contributed by atoms with Crippen molar-refractivity contribution >= 4 is 17.6 Å². The zero-order chi connectivity index (χ0) is 13.4. The Balaban J connectivity index is 2.56. The summed E-state index contributed by atoms with van der Waals surface area (Å²) in [5, 5.41) is 15.2. The molecule has 1 rings (SSSR count). The molecule has 0 saturated carbocycles. The highest BCUT2D eigenvalue weighted by Crippen LogP contribution is 2.13. The molecule has 0 saturated heterocycles. The smallest absolute Gasteiger partial charge is 0.223 e. The molecule has 0 aromatic carbocycles. The highest BCUT2D eigenvalue weighted by Gasteiger charge is 2.04. The van der Waals surface area contributed by atoms with E-state index in [4.69, 9.17) is 10.8 Å². The summed E-state index contributed by atoms with van der Waals surface area (Å²) < 4.78 is 0. The van der Waals surface area contributed by atoms with Crippen molar-refractivity contribution in [2.45, 2.75) is 26.7 Å². The van der Waals surface area contributed by atoms with E-state index in [0.717, 1.165) is 31.7 Å². The number of nitrogens with two attached hydrogens (primary N) is 1. The second-order valence-electron chi connectivity index (χ2n) is 4.42. The van der Waals surface area contributed by atoms with Gasteiger partial charge in [0, 0.05) is 25.8 Å². The fourth-order valence-electron chi connectivity index (χ4n) is 1.50. The Morgan fingerprint density at radius 3 is 2.61 bits per heavy atom. The van der Waals surface area contributed by atoms with Crippen molar-refractivity contribution in [3.8, 4) is 0 Å². The normalized spacial score (nSPS) is 12.2. The molecule has 0 fully saturated rings. The Bertz CT molecular complexity index is 358. The van der Waals surface area contributed by atoms with E-state index in [-0.39, 0.29) is 12.6 Å². The van der Waals surface area contributed by atoms with Crippen molar-refractivity contribution in [3.63, 3.8) is 0 Å². The lowest BCUT2D eigenvalue weighted by atomic mass is 10.1. The van der Waals surface area contributed by atoms with Gasteiger partial charge >= 0.3 is 0 Å². The number of nitrogens with zero attached hydrogens (tertiary/aromatic N) is 2. The first kappa shape index (κ1) is 14.5. The largest absolute Gasteiger partial charge is 0.396 e. The SMILES string of the molecule is CCCNc1cc(NCC(C)CCO)nc(N)n1. The predicted octanol–water partition coefficient (Wildman–Crippen LogP) is 1.31. The molecule has 1 heterocycles. The summed E-state index contributed by atoms with van der Waals surface area (Å²) in [6.45, 7) is 5.98. The number of rotatable bonds is 8. The molecule has 6 nitrogen and oxygen atoms in total. The van der Waals surface area contributed by atoms with Crippen molar-refractivity contribution < 1.29 is 5.11 Å². The molecule has 0 aliphatic rings.